The van der Waals surface area contributed by atoms with Crippen LogP contribution in [0.4, 0.5) is 8.78 Å². The van der Waals surface area contributed by atoms with Crippen LogP contribution in [-0.2, 0) is 0 Å². The molecule has 1 aromatic carbocycles. The van der Waals surface area contributed by atoms with Gasteiger partial charge in [-0.25, -0.2) is 8.78 Å². The molecular weight excluding hydrogens is 272 g/mol. The second-order valence-corrected chi connectivity index (χ2v) is 5.38. The maximum atomic E-state index is 14.2. The van der Waals surface area contributed by atoms with Crippen LogP contribution in [0.15, 0.2) is 22.6 Å². The molecule has 0 aliphatic carbocycles. The van der Waals surface area contributed by atoms with E-state index in [0.717, 1.165) is 36.1 Å². The fourth-order valence-electron chi connectivity index (χ4n) is 2.51. The van der Waals surface area contributed by atoms with Crippen molar-refractivity contribution in [1.82, 2.24) is 5.32 Å². The molecule has 21 heavy (non-hydrogen) atoms. The summed E-state index contributed by atoms with van der Waals surface area (Å²) in [5.74, 6) is 0.475. The average molecular weight is 293 g/mol. The number of aryl methyl sites for hydroxylation is 3. The number of nitrogens with one attached hydrogen (secondary N) is 1. The minimum Gasteiger partial charge on any atom is -0.466 e. The fraction of sp³-hybridized carbons (Fsp3) is 0.412. The number of furan rings is 1. The first-order chi connectivity index (χ1) is 9.93. The Balaban J connectivity index is 2.50. The monoisotopic (exact) mass is 293 g/mol. The van der Waals surface area contributed by atoms with E-state index in [0.29, 0.717) is 11.1 Å². The van der Waals surface area contributed by atoms with Gasteiger partial charge in [-0.1, -0.05) is 6.92 Å². The standard InChI is InChI=1S/C17H21F2NO/c1-5-6-20-17(13-8-11(3)21-12(13)4)14-7-10(2)15(18)9-16(14)19/h7-9,17,20H,5-6H2,1-4H3. The first kappa shape index (κ1) is 15.7. The topological polar surface area (TPSA) is 25.2 Å². The highest BCUT2D eigenvalue weighted by Gasteiger charge is 2.22. The van der Waals surface area contributed by atoms with Gasteiger partial charge in [-0.15, -0.1) is 0 Å². The van der Waals surface area contributed by atoms with Crippen LogP contribution in [0.3, 0.4) is 0 Å². The number of rotatable bonds is 5. The highest BCUT2D eigenvalue weighted by Crippen LogP contribution is 2.30. The lowest BCUT2D eigenvalue weighted by Crippen LogP contribution is -2.24. The molecular formula is C17H21F2NO. The molecule has 1 aromatic heterocycles. The van der Waals surface area contributed by atoms with E-state index in [1.807, 2.05) is 26.8 Å². The largest absolute Gasteiger partial charge is 0.466 e. The number of hydrogen-bond donors (Lipinski definition) is 1. The summed E-state index contributed by atoms with van der Waals surface area (Å²) in [6.45, 7) is 8.15. The lowest BCUT2D eigenvalue weighted by Gasteiger charge is -2.20. The first-order valence-electron chi connectivity index (χ1n) is 7.19. The lowest BCUT2D eigenvalue weighted by atomic mass is 9.96. The maximum absolute atomic E-state index is 14.2. The van der Waals surface area contributed by atoms with Crippen LogP contribution in [0, 0.1) is 32.4 Å². The van der Waals surface area contributed by atoms with Crippen molar-refractivity contribution in [2.24, 2.45) is 0 Å². The molecule has 0 aliphatic rings. The molecule has 1 N–H and O–H groups in total. The number of hydrogen-bond acceptors (Lipinski definition) is 2. The van der Waals surface area contributed by atoms with Gasteiger partial charge in [0, 0.05) is 17.2 Å². The third-order valence-corrected chi connectivity index (χ3v) is 3.58. The third-order valence-electron chi connectivity index (χ3n) is 3.58. The van der Waals surface area contributed by atoms with E-state index in [2.05, 4.69) is 5.32 Å². The van der Waals surface area contributed by atoms with Gasteiger partial charge in [0.2, 0.25) is 0 Å². The molecule has 2 rings (SSSR count). The molecule has 2 aromatic rings. The lowest BCUT2D eigenvalue weighted by molar-refractivity contribution is 0.488. The second kappa shape index (κ2) is 6.39. The van der Waals surface area contributed by atoms with E-state index in [4.69, 9.17) is 4.42 Å². The van der Waals surface area contributed by atoms with Gasteiger partial charge in [-0.05, 0) is 51.4 Å². The molecule has 0 radical (unpaired) electrons. The smallest absolute Gasteiger partial charge is 0.131 e. The molecule has 1 heterocycles. The van der Waals surface area contributed by atoms with Crippen LogP contribution in [-0.4, -0.2) is 6.54 Å². The third kappa shape index (κ3) is 3.32. The summed E-state index contributed by atoms with van der Waals surface area (Å²) >= 11 is 0. The molecule has 4 heteroatoms. The highest BCUT2D eigenvalue weighted by atomic mass is 19.1. The summed E-state index contributed by atoms with van der Waals surface area (Å²) in [4.78, 5) is 0. The summed E-state index contributed by atoms with van der Waals surface area (Å²) in [5, 5.41) is 3.32. The average Bonchev–Trinajstić information content (AvgIpc) is 2.75. The fourth-order valence-corrected chi connectivity index (χ4v) is 2.51. The second-order valence-electron chi connectivity index (χ2n) is 5.38. The Labute approximate surface area is 124 Å². The van der Waals surface area contributed by atoms with Crippen molar-refractivity contribution in [1.29, 1.82) is 0 Å². The van der Waals surface area contributed by atoms with Crippen molar-refractivity contribution in [2.75, 3.05) is 6.54 Å². The van der Waals surface area contributed by atoms with E-state index < -0.39 is 11.6 Å². The zero-order valence-corrected chi connectivity index (χ0v) is 12.9. The van der Waals surface area contributed by atoms with Gasteiger partial charge < -0.3 is 9.73 Å². The molecule has 0 saturated carbocycles. The van der Waals surface area contributed by atoms with Crippen LogP contribution in [0.5, 0.6) is 0 Å². The Morgan fingerprint density at radius 1 is 1.05 bits per heavy atom. The minimum atomic E-state index is -0.537. The van der Waals surface area contributed by atoms with Crippen LogP contribution < -0.4 is 5.32 Å². The summed E-state index contributed by atoms with van der Waals surface area (Å²) in [6.07, 6.45) is 0.925. The number of halogens is 2. The van der Waals surface area contributed by atoms with E-state index in [-0.39, 0.29) is 6.04 Å². The summed E-state index contributed by atoms with van der Waals surface area (Å²) in [7, 11) is 0. The van der Waals surface area contributed by atoms with Crippen molar-refractivity contribution < 1.29 is 13.2 Å². The number of benzene rings is 1. The van der Waals surface area contributed by atoms with Gasteiger partial charge in [0.15, 0.2) is 0 Å². The van der Waals surface area contributed by atoms with Gasteiger partial charge in [-0.3, -0.25) is 0 Å². The van der Waals surface area contributed by atoms with Crippen LogP contribution in [0.2, 0.25) is 0 Å². The zero-order valence-electron chi connectivity index (χ0n) is 12.9. The molecule has 0 amide bonds. The van der Waals surface area contributed by atoms with Crippen molar-refractivity contribution in [3.05, 3.63) is 58.0 Å². The first-order valence-corrected chi connectivity index (χ1v) is 7.19. The molecule has 0 bridgehead atoms. The maximum Gasteiger partial charge on any atom is 0.131 e. The Morgan fingerprint density at radius 3 is 2.33 bits per heavy atom. The van der Waals surface area contributed by atoms with Gasteiger partial charge in [0.1, 0.15) is 23.2 Å². The van der Waals surface area contributed by atoms with E-state index in [9.17, 15) is 8.78 Å². The van der Waals surface area contributed by atoms with Crippen LogP contribution >= 0.6 is 0 Å². The van der Waals surface area contributed by atoms with E-state index in [1.54, 1.807) is 13.0 Å². The van der Waals surface area contributed by atoms with Crippen molar-refractivity contribution >= 4 is 0 Å². The molecule has 2 nitrogen and oxygen atoms in total. The normalized spacial score (nSPS) is 12.7. The summed E-state index contributed by atoms with van der Waals surface area (Å²) in [5.41, 5.74) is 1.78. The van der Waals surface area contributed by atoms with E-state index in [1.165, 1.54) is 0 Å². The molecule has 1 atom stereocenters. The predicted molar refractivity (Wildman–Crippen MR) is 79.4 cm³/mol. The van der Waals surface area contributed by atoms with Gasteiger partial charge in [0.05, 0.1) is 6.04 Å². The van der Waals surface area contributed by atoms with Crippen molar-refractivity contribution in [3.63, 3.8) is 0 Å². The molecule has 114 valence electrons. The molecule has 0 fully saturated rings. The quantitative estimate of drug-likeness (QED) is 0.873. The summed E-state index contributed by atoms with van der Waals surface area (Å²) < 4.78 is 33.3. The Morgan fingerprint density at radius 2 is 1.76 bits per heavy atom. The van der Waals surface area contributed by atoms with Gasteiger partial charge in [0.25, 0.3) is 0 Å². The molecule has 0 spiro atoms. The Bertz CT molecular complexity index is 634. The summed E-state index contributed by atoms with van der Waals surface area (Å²) in [6, 6.07) is 4.09. The van der Waals surface area contributed by atoms with Crippen LogP contribution in [0.25, 0.3) is 0 Å². The van der Waals surface area contributed by atoms with E-state index >= 15 is 0 Å². The Kier molecular flexibility index (Phi) is 4.78. The molecule has 0 saturated heterocycles. The highest BCUT2D eigenvalue weighted by molar-refractivity contribution is 5.37. The Hall–Kier alpha value is -1.68. The van der Waals surface area contributed by atoms with Crippen molar-refractivity contribution in [3.8, 4) is 0 Å². The van der Waals surface area contributed by atoms with Crippen molar-refractivity contribution in [2.45, 2.75) is 40.2 Å². The minimum absolute atomic E-state index is 0.332. The molecule has 0 aliphatic heterocycles. The van der Waals surface area contributed by atoms with Gasteiger partial charge >= 0.3 is 0 Å². The van der Waals surface area contributed by atoms with Gasteiger partial charge in [-0.2, -0.15) is 0 Å². The zero-order chi connectivity index (χ0) is 15.6. The predicted octanol–water partition coefficient (Wildman–Crippen LogP) is 4.57. The SMILES string of the molecule is CCCNC(c1cc(C)c(F)cc1F)c1cc(C)oc1C. The molecule has 1 unspecified atom stereocenters. The van der Waals surface area contributed by atoms with Crippen LogP contribution in [0.1, 0.15) is 47.6 Å².